The summed E-state index contributed by atoms with van der Waals surface area (Å²) >= 11 is 0. The Hall–Kier alpha value is -1.15. The fraction of sp³-hybridized carbons (Fsp3) is 0.500. The summed E-state index contributed by atoms with van der Waals surface area (Å²) in [4.78, 5) is 11.8. The topological polar surface area (TPSA) is 43.1 Å². The van der Waals surface area contributed by atoms with E-state index in [1.165, 1.54) is 5.56 Å². The van der Waals surface area contributed by atoms with Gasteiger partial charge in [-0.2, -0.15) is 0 Å². The fourth-order valence-electron chi connectivity index (χ4n) is 1.53. The zero-order chi connectivity index (χ0) is 12.3. The highest BCUT2D eigenvalue weighted by Crippen LogP contribution is 2.22. The van der Waals surface area contributed by atoms with E-state index in [9.17, 15) is 4.79 Å². The molecule has 1 aromatic carbocycles. The van der Waals surface area contributed by atoms with Crippen molar-refractivity contribution in [3.8, 4) is 0 Å². The van der Waals surface area contributed by atoms with E-state index < -0.39 is 0 Å². The number of hydrogen-bond donors (Lipinski definition) is 1. The Morgan fingerprint density at radius 2 is 1.75 bits per heavy atom. The van der Waals surface area contributed by atoms with Crippen LogP contribution in [0.25, 0.3) is 0 Å². The number of hydrogen-bond acceptors (Lipinski definition) is 2. The quantitative estimate of drug-likeness (QED) is 0.794. The minimum absolute atomic E-state index is 0.0305. The number of rotatable bonds is 3. The van der Waals surface area contributed by atoms with Crippen molar-refractivity contribution in [3.05, 3.63) is 35.4 Å². The van der Waals surface area contributed by atoms with Crippen molar-refractivity contribution in [2.24, 2.45) is 5.73 Å². The molecule has 0 spiro atoms. The SMILES string of the molecule is CCC(N)C(=O)c1ccc(C(C)(C)C)cc1. The highest BCUT2D eigenvalue weighted by molar-refractivity contribution is 5.99. The molecule has 0 fully saturated rings. The smallest absolute Gasteiger partial charge is 0.179 e. The standard InChI is InChI=1S/C14H21NO/c1-5-12(15)13(16)10-6-8-11(9-7-10)14(2,3)4/h6-9,12H,5,15H2,1-4H3. The van der Waals surface area contributed by atoms with Crippen LogP contribution in [0.2, 0.25) is 0 Å². The first-order valence-corrected chi connectivity index (χ1v) is 5.76. The van der Waals surface area contributed by atoms with Crippen LogP contribution in [0.5, 0.6) is 0 Å². The van der Waals surface area contributed by atoms with Gasteiger partial charge in [-0.25, -0.2) is 0 Å². The summed E-state index contributed by atoms with van der Waals surface area (Å²) in [6.45, 7) is 8.39. The van der Waals surface area contributed by atoms with E-state index in [0.717, 1.165) is 0 Å². The van der Waals surface area contributed by atoms with E-state index in [1.807, 2.05) is 31.2 Å². The molecule has 0 saturated carbocycles. The van der Waals surface area contributed by atoms with E-state index in [4.69, 9.17) is 5.73 Å². The van der Waals surface area contributed by atoms with Crippen molar-refractivity contribution in [1.29, 1.82) is 0 Å². The molecule has 0 aromatic heterocycles. The van der Waals surface area contributed by atoms with E-state index in [2.05, 4.69) is 20.8 Å². The van der Waals surface area contributed by atoms with Crippen LogP contribution < -0.4 is 5.73 Å². The fourth-order valence-corrected chi connectivity index (χ4v) is 1.53. The largest absolute Gasteiger partial charge is 0.321 e. The molecule has 0 aliphatic rings. The van der Waals surface area contributed by atoms with Crippen LogP contribution in [0.15, 0.2) is 24.3 Å². The van der Waals surface area contributed by atoms with Crippen molar-refractivity contribution >= 4 is 5.78 Å². The highest BCUT2D eigenvalue weighted by atomic mass is 16.1. The van der Waals surface area contributed by atoms with Crippen LogP contribution in [0.3, 0.4) is 0 Å². The molecule has 0 aliphatic carbocycles. The van der Waals surface area contributed by atoms with Gasteiger partial charge in [0, 0.05) is 5.56 Å². The summed E-state index contributed by atoms with van der Waals surface area (Å²) in [5, 5.41) is 0. The molecule has 1 aromatic rings. The summed E-state index contributed by atoms with van der Waals surface area (Å²) in [7, 11) is 0. The summed E-state index contributed by atoms with van der Waals surface area (Å²) < 4.78 is 0. The van der Waals surface area contributed by atoms with E-state index >= 15 is 0 Å². The molecule has 1 unspecified atom stereocenters. The molecule has 0 radical (unpaired) electrons. The first-order valence-electron chi connectivity index (χ1n) is 5.76. The molecule has 2 N–H and O–H groups in total. The lowest BCUT2D eigenvalue weighted by molar-refractivity contribution is 0.0959. The van der Waals surface area contributed by atoms with Crippen molar-refractivity contribution in [3.63, 3.8) is 0 Å². The zero-order valence-electron chi connectivity index (χ0n) is 10.6. The third-order valence-electron chi connectivity index (χ3n) is 2.81. The predicted octanol–water partition coefficient (Wildman–Crippen LogP) is 2.90. The Kier molecular flexibility index (Phi) is 3.87. The molecule has 0 saturated heterocycles. The lowest BCUT2D eigenvalue weighted by Gasteiger charge is -2.19. The van der Waals surface area contributed by atoms with E-state index in [0.29, 0.717) is 12.0 Å². The number of nitrogens with two attached hydrogens (primary N) is 1. The second-order valence-corrected chi connectivity index (χ2v) is 5.21. The maximum absolute atomic E-state index is 11.8. The monoisotopic (exact) mass is 219 g/mol. The maximum atomic E-state index is 11.8. The van der Waals surface area contributed by atoms with Crippen molar-refractivity contribution in [1.82, 2.24) is 0 Å². The van der Waals surface area contributed by atoms with Crippen molar-refractivity contribution < 1.29 is 4.79 Å². The minimum atomic E-state index is -0.375. The Labute approximate surface area is 97.9 Å². The van der Waals surface area contributed by atoms with Crippen LogP contribution in [0.4, 0.5) is 0 Å². The van der Waals surface area contributed by atoms with Gasteiger partial charge in [0.1, 0.15) is 0 Å². The molecule has 88 valence electrons. The van der Waals surface area contributed by atoms with Crippen LogP contribution in [-0.2, 0) is 5.41 Å². The third-order valence-corrected chi connectivity index (χ3v) is 2.81. The predicted molar refractivity (Wildman–Crippen MR) is 67.7 cm³/mol. The summed E-state index contributed by atoms with van der Waals surface area (Å²) in [6.07, 6.45) is 0.680. The van der Waals surface area contributed by atoms with Gasteiger partial charge in [0.2, 0.25) is 0 Å². The van der Waals surface area contributed by atoms with Gasteiger partial charge in [0.05, 0.1) is 6.04 Å². The molecule has 0 bridgehead atoms. The molecule has 1 atom stereocenters. The highest BCUT2D eigenvalue weighted by Gasteiger charge is 2.16. The van der Waals surface area contributed by atoms with Gasteiger partial charge in [-0.1, -0.05) is 52.0 Å². The summed E-state index contributed by atoms with van der Waals surface area (Å²) in [6, 6.07) is 7.39. The van der Waals surface area contributed by atoms with E-state index in [-0.39, 0.29) is 17.2 Å². The number of ketones is 1. The first-order chi connectivity index (χ1) is 7.36. The lowest BCUT2D eigenvalue weighted by atomic mass is 9.86. The molecule has 0 heterocycles. The number of Topliss-reactive ketones (excluding diaryl/α,β-unsaturated/α-hetero) is 1. The molecule has 2 nitrogen and oxygen atoms in total. The van der Waals surface area contributed by atoms with Gasteiger partial charge in [-0.05, 0) is 17.4 Å². The molecule has 0 aliphatic heterocycles. The molecule has 1 rings (SSSR count). The van der Waals surface area contributed by atoms with Gasteiger partial charge in [-0.3, -0.25) is 4.79 Å². The van der Waals surface area contributed by atoms with Gasteiger partial charge >= 0.3 is 0 Å². The number of benzene rings is 1. The second kappa shape index (κ2) is 4.79. The zero-order valence-corrected chi connectivity index (χ0v) is 10.6. The summed E-state index contributed by atoms with van der Waals surface area (Å²) in [5.74, 6) is 0.0305. The van der Waals surface area contributed by atoms with Crippen LogP contribution in [0, 0.1) is 0 Å². The van der Waals surface area contributed by atoms with Crippen molar-refractivity contribution in [2.45, 2.75) is 45.6 Å². The van der Waals surface area contributed by atoms with Crippen LogP contribution in [0.1, 0.15) is 50.0 Å². The molecule has 2 heteroatoms. The first kappa shape index (κ1) is 12.9. The Morgan fingerprint density at radius 1 is 1.25 bits per heavy atom. The molecule has 16 heavy (non-hydrogen) atoms. The maximum Gasteiger partial charge on any atom is 0.179 e. The number of carbonyl (C=O) groups excluding carboxylic acids is 1. The molecule has 0 amide bonds. The average Bonchev–Trinajstić information content (AvgIpc) is 2.26. The van der Waals surface area contributed by atoms with Crippen molar-refractivity contribution in [2.75, 3.05) is 0 Å². The van der Waals surface area contributed by atoms with E-state index in [1.54, 1.807) is 0 Å². The Bertz CT molecular complexity index is 359. The summed E-state index contributed by atoms with van der Waals surface area (Å²) in [5.41, 5.74) is 7.78. The average molecular weight is 219 g/mol. The van der Waals surface area contributed by atoms with Gasteiger partial charge in [-0.15, -0.1) is 0 Å². The Balaban J connectivity index is 2.91. The van der Waals surface area contributed by atoms with Gasteiger partial charge in [0.15, 0.2) is 5.78 Å². The normalized spacial score (nSPS) is 13.6. The second-order valence-electron chi connectivity index (χ2n) is 5.21. The van der Waals surface area contributed by atoms with Gasteiger partial charge in [0.25, 0.3) is 0 Å². The molecular formula is C14H21NO. The minimum Gasteiger partial charge on any atom is -0.321 e. The third kappa shape index (κ3) is 2.92. The van der Waals surface area contributed by atoms with Gasteiger partial charge < -0.3 is 5.73 Å². The van der Waals surface area contributed by atoms with Crippen LogP contribution >= 0.6 is 0 Å². The van der Waals surface area contributed by atoms with Crippen LogP contribution in [-0.4, -0.2) is 11.8 Å². The molecular weight excluding hydrogens is 198 g/mol. The number of carbonyl (C=O) groups is 1. The lowest BCUT2D eigenvalue weighted by Crippen LogP contribution is -2.29. The Morgan fingerprint density at radius 3 is 2.12 bits per heavy atom.